The van der Waals surface area contributed by atoms with Crippen LogP contribution in [0.1, 0.15) is 34.5 Å². The van der Waals surface area contributed by atoms with Crippen molar-refractivity contribution >= 4 is 18.3 Å². The van der Waals surface area contributed by atoms with Crippen LogP contribution in [0.3, 0.4) is 0 Å². The number of nitrogens with zero attached hydrogens (tertiary/aromatic N) is 1. The summed E-state index contributed by atoms with van der Waals surface area (Å²) in [6.45, 7) is 2.94. The number of piperazine rings is 1. The molecule has 2 aliphatic rings. The highest BCUT2D eigenvalue weighted by Gasteiger charge is 2.46. The molecule has 1 amide bonds. The van der Waals surface area contributed by atoms with E-state index in [0.29, 0.717) is 18.7 Å². The van der Waals surface area contributed by atoms with Gasteiger partial charge in [0.05, 0.1) is 17.2 Å². The van der Waals surface area contributed by atoms with Crippen LogP contribution in [0.25, 0.3) is 0 Å². The number of hydrogen-bond acceptors (Lipinski definition) is 2. The van der Waals surface area contributed by atoms with Gasteiger partial charge in [0.15, 0.2) is 0 Å². The number of carbonyl (C=O) groups is 1. The molecule has 0 aromatic heterocycles. The van der Waals surface area contributed by atoms with Gasteiger partial charge in [-0.3, -0.25) is 4.79 Å². The molecule has 1 aromatic carbocycles. The maximum absolute atomic E-state index is 13.0. The Morgan fingerprint density at radius 3 is 2.70 bits per heavy atom. The van der Waals surface area contributed by atoms with Crippen LogP contribution in [0.2, 0.25) is 0 Å². The van der Waals surface area contributed by atoms with Crippen LogP contribution in [0.4, 0.5) is 13.2 Å². The van der Waals surface area contributed by atoms with Crippen LogP contribution in [0.5, 0.6) is 0 Å². The number of amides is 1. The Balaban J connectivity index is 0.00000147. The van der Waals surface area contributed by atoms with Crippen LogP contribution in [0, 0.1) is 0 Å². The molecule has 2 aliphatic heterocycles. The quantitative estimate of drug-likeness (QED) is 0.799. The molecule has 20 heavy (non-hydrogen) atoms. The molecule has 2 atom stereocenters. The lowest BCUT2D eigenvalue weighted by Gasteiger charge is -2.36. The maximum Gasteiger partial charge on any atom is 0.417 e. The first-order chi connectivity index (χ1) is 8.91. The first-order valence-electron chi connectivity index (χ1n) is 6.15. The fraction of sp³-hybridized carbons (Fsp3) is 0.462. The van der Waals surface area contributed by atoms with E-state index in [1.54, 1.807) is 11.0 Å². The van der Waals surface area contributed by atoms with E-state index in [4.69, 9.17) is 0 Å². The first-order valence-corrected chi connectivity index (χ1v) is 6.15. The average Bonchev–Trinajstić information content (AvgIpc) is 2.64. The van der Waals surface area contributed by atoms with Crippen LogP contribution in [-0.4, -0.2) is 29.9 Å². The summed E-state index contributed by atoms with van der Waals surface area (Å²) in [6, 6.07) is 3.64. The molecule has 3 rings (SSSR count). The zero-order chi connectivity index (χ0) is 13.8. The number of nitrogens with one attached hydrogen (secondary N) is 1. The number of hydrogen-bond donors (Lipinski definition) is 1. The lowest BCUT2D eigenvalue weighted by atomic mass is 9.95. The highest BCUT2D eigenvalue weighted by Crippen LogP contribution is 2.43. The number of alkyl halides is 3. The number of halogens is 4. The van der Waals surface area contributed by atoms with Crippen molar-refractivity contribution in [3.8, 4) is 0 Å². The lowest BCUT2D eigenvalue weighted by Crippen LogP contribution is -2.50. The lowest BCUT2D eigenvalue weighted by molar-refractivity contribution is -0.137. The van der Waals surface area contributed by atoms with E-state index < -0.39 is 17.6 Å². The number of fused-ring (bicyclic) bond motifs is 3. The summed E-state index contributed by atoms with van der Waals surface area (Å²) >= 11 is 0. The Morgan fingerprint density at radius 2 is 2.05 bits per heavy atom. The van der Waals surface area contributed by atoms with Crippen LogP contribution < -0.4 is 5.32 Å². The Hall–Kier alpha value is -1.27. The predicted octanol–water partition coefficient (Wildman–Crippen LogP) is 2.62. The van der Waals surface area contributed by atoms with Crippen molar-refractivity contribution < 1.29 is 18.0 Å². The second-order valence-electron chi connectivity index (χ2n) is 4.95. The Labute approximate surface area is 120 Å². The highest BCUT2D eigenvalue weighted by atomic mass is 35.5. The van der Waals surface area contributed by atoms with Gasteiger partial charge in [-0.2, -0.15) is 13.2 Å². The van der Waals surface area contributed by atoms with Gasteiger partial charge < -0.3 is 10.2 Å². The third-order valence-electron chi connectivity index (χ3n) is 3.82. The molecule has 7 heteroatoms. The average molecular weight is 307 g/mol. The van der Waals surface area contributed by atoms with E-state index in [2.05, 4.69) is 5.32 Å². The molecule has 0 saturated carbocycles. The SMILES string of the molecule is C[C@@H]1NCCN2C(=O)c3c(cccc3C(F)(F)F)[C@H]12.Cl. The monoisotopic (exact) mass is 306 g/mol. The van der Waals surface area contributed by atoms with Crippen molar-refractivity contribution in [2.75, 3.05) is 13.1 Å². The summed E-state index contributed by atoms with van der Waals surface area (Å²) in [5.74, 6) is -0.499. The van der Waals surface area contributed by atoms with Gasteiger partial charge >= 0.3 is 6.18 Å². The molecular formula is C13H14ClF3N2O. The van der Waals surface area contributed by atoms with Gasteiger partial charge in [-0.1, -0.05) is 12.1 Å². The van der Waals surface area contributed by atoms with Gasteiger partial charge in [0.1, 0.15) is 0 Å². The zero-order valence-electron chi connectivity index (χ0n) is 10.7. The normalized spacial score (nSPS) is 25.0. The van der Waals surface area contributed by atoms with E-state index in [1.165, 1.54) is 6.07 Å². The number of rotatable bonds is 0. The molecule has 0 unspecified atom stereocenters. The van der Waals surface area contributed by atoms with E-state index in [0.717, 1.165) is 6.07 Å². The third-order valence-corrected chi connectivity index (χ3v) is 3.82. The molecular weight excluding hydrogens is 293 g/mol. The summed E-state index contributed by atoms with van der Waals surface area (Å²) in [4.78, 5) is 13.8. The van der Waals surface area contributed by atoms with E-state index in [9.17, 15) is 18.0 Å². The summed E-state index contributed by atoms with van der Waals surface area (Å²) in [7, 11) is 0. The molecule has 2 heterocycles. The van der Waals surface area contributed by atoms with Crippen molar-refractivity contribution in [3.63, 3.8) is 0 Å². The minimum absolute atomic E-state index is 0. The number of carbonyl (C=O) groups excluding carboxylic acids is 1. The topological polar surface area (TPSA) is 32.3 Å². The summed E-state index contributed by atoms with van der Waals surface area (Å²) in [5, 5.41) is 3.20. The molecule has 0 aliphatic carbocycles. The molecule has 110 valence electrons. The zero-order valence-corrected chi connectivity index (χ0v) is 11.5. The van der Waals surface area contributed by atoms with Gasteiger partial charge in [-0.15, -0.1) is 12.4 Å². The molecule has 0 radical (unpaired) electrons. The molecule has 1 saturated heterocycles. The summed E-state index contributed by atoms with van der Waals surface area (Å²) in [6.07, 6.45) is -4.49. The second-order valence-corrected chi connectivity index (χ2v) is 4.95. The van der Waals surface area contributed by atoms with E-state index in [-0.39, 0.29) is 30.1 Å². The van der Waals surface area contributed by atoms with Gasteiger partial charge in [-0.05, 0) is 18.6 Å². The molecule has 1 N–H and O–H groups in total. The standard InChI is InChI=1S/C13H13F3N2O.ClH/c1-7-11-8-3-2-4-9(13(14,15)16)10(8)12(19)18(11)6-5-17-7;/h2-4,7,11,17H,5-6H2,1H3;1H/t7-,11-;/m0./s1. The second kappa shape index (κ2) is 4.93. The van der Waals surface area contributed by atoms with Crippen LogP contribution >= 0.6 is 12.4 Å². The molecule has 1 aromatic rings. The minimum atomic E-state index is -4.49. The fourth-order valence-electron chi connectivity index (χ4n) is 3.03. The first kappa shape index (κ1) is 15.1. The molecule has 0 bridgehead atoms. The van der Waals surface area contributed by atoms with Gasteiger partial charge in [0, 0.05) is 19.1 Å². The molecule has 3 nitrogen and oxygen atoms in total. The van der Waals surface area contributed by atoms with Crippen LogP contribution in [0.15, 0.2) is 18.2 Å². The largest absolute Gasteiger partial charge is 0.417 e. The maximum atomic E-state index is 13.0. The van der Waals surface area contributed by atoms with Crippen LogP contribution in [-0.2, 0) is 6.18 Å². The Morgan fingerprint density at radius 1 is 1.35 bits per heavy atom. The van der Waals surface area contributed by atoms with Crippen molar-refractivity contribution in [3.05, 3.63) is 34.9 Å². The minimum Gasteiger partial charge on any atom is -0.329 e. The van der Waals surface area contributed by atoms with Crippen molar-refractivity contribution in [1.29, 1.82) is 0 Å². The van der Waals surface area contributed by atoms with Gasteiger partial charge in [0.25, 0.3) is 5.91 Å². The molecule has 1 fully saturated rings. The van der Waals surface area contributed by atoms with E-state index >= 15 is 0 Å². The predicted molar refractivity (Wildman–Crippen MR) is 69.9 cm³/mol. The highest BCUT2D eigenvalue weighted by molar-refractivity contribution is 6.01. The summed E-state index contributed by atoms with van der Waals surface area (Å²) < 4.78 is 39.0. The Kier molecular flexibility index (Phi) is 3.73. The number of benzene rings is 1. The van der Waals surface area contributed by atoms with Crippen molar-refractivity contribution in [2.45, 2.75) is 25.2 Å². The van der Waals surface area contributed by atoms with Gasteiger partial charge in [0.2, 0.25) is 0 Å². The summed E-state index contributed by atoms with van der Waals surface area (Å²) in [5.41, 5.74) is -0.508. The van der Waals surface area contributed by atoms with Crippen molar-refractivity contribution in [2.24, 2.45) is 0 Å². The fourth-order valence-corrected chi connectivity index (χ4v) is 3.03. The van der Waals surface area contributed by atoms with Gasteiger partial charge in [-0.25, -0.2) is 0 Å². The Bertz CT molecular complexity index is 547. The smallest absolute Gasteiger partial charge is 0.329 e. The third kappa shape index (κ3) is 2.07. The van der Waals surface area contributed by atoms with Crippen molar-refractivity contribution in [1.82, 2.24) is 10.2 Å². The molecule has 0 spiro atoms. The van der Waals surface area contributed by atoms with E-state index in [1.807, 2.05) is 6.92 Å².